The number of rotatable bonds is 4. The van der Waals surface area contributed by atoms with Crippen LogP contribution in [0.3, 0.4) is 0 Å². The third-order valence-electron chi connectivity index (χ3n) is 5.33. The maximum absolute atomic E-state index is 12.5. The minimum absolute atomic E-state index is 0.00219. The van der Waals surface area contributed by atoms with Crippen LogP contribution in [0.1, 0.15) is 56.2 Å². The maximum atomic E-state index is 12.5. The smallest absolute Gasteiger partial charge is 0.306 e. The normalized spacial score (nSPS) is 24.0. The summed E-state index contributed by atoms with van der Waals surface area (Å²) in [6.45, 7) is 1.95. The van der Waals surface area contributed by atoms with Gasteiger partial charge >= 0.3 is 5.97 Å². The number of carbonyl (C=O) groups excluding carboxylic acids is 2. The molecule has 1 fully saturated rings. The SMILES string of the molecule is CC(NC(=O)C1CCC(C(=O)O)CC1)c1ccc2c(c1)CCC(=O)N2. The quantitative estimate of drug-likeness (QED) is 0.782. The molecule has 6 heteroatoms. The van der Waals surface area contributed by atoms with Crippen LogP contribution in [-0.2, 0) is 20.8 Å². The largest absolute Gasteiger partial charge is 0.481 e. The molecule has 3 N–H and O–H groups in total. The molecule has 134 valence electrons. The molecule has 0 spiro atoms. The zero-order valence-electron chi connectivity index (χ0n) is 14.4. The van der Waals surface area contributed by atoms with Crippen LogP contribution in [0.5, 0.6) is 0 Å². The maximum Gasteiger partial charge on any atom is 0.306 e. The lowest BCUT2D eigenvalue weighted by Gasteiger charge is -2.27. The minimum Gasteiger partial charge on any atom is -0.481 e. The fourth-order valence-electron chi connectivity index (χ4n) is 3.69. The van der Waals surface area contributed by atoms with E-state index in [1.165, 1.54) is 0 Å². The van der Waals surface area contributed by atoms with Crippen molar-refractivity contribution < 1.29 is 19.5 Å². The fourth-order valence-corrected chi connectivity index (χ4v) is 3.69. The van der Waals surface area contributed by atoms with Gasteiger partial charge in [-0.3, -0.25) is 14.4 Å². The van der Waals surface area contributed by atoms with Gasteiger partial charge in [0.25, 0.3) is 0 Å². The van der Waals surface area contributed by atoms with Crippen molar-refractivity contribution in [2.24, 2.45) is 11.8 Å². The molecule has 1 aliphatic carbocycles. The second kappa shape index (κ2) is 7.25. The molecular formula is C19H24N2O4. The van der Waals surface area contributed by atoms with E-state index < -0.39 is 5.97 Å². The molecule has 1 atom stereocenters. The topological polar surface area (TPSA) is 95.5 Å². The number of aryl methyl sites for hydroxylation is 1. The van der Waals surface area contributed by atoms with E-state index in [1.807, 2.05) is 25.1 Å². The first kappa shape index (κ1) is 17.5. The van der Waals surface area contributed by atoms with Crippen LogP contribution in [0.2, 0.25) is 0 Å². The molecule has 1 aliphatic heterocycles. The molecule has 1 aromatic rings. The van der Waals surface area contributed by atoms with Crippen molar-refractivity contribution in [1.29, 1.82) is 0 Å². The summed E-state index contributed by atoms with van der Waals surface area (Å²) >= 11 is 0. The number of carbonyl (C=O) groups is 3. The van der Waals surface area contributed by atoms with Gasteiger partial charge in [0.1, 0.15) is 0 Å². The molecule has 1 aromatic carbocycles. The Hall–Kier alpha value is -2.37. The number of carboxylic acid groups (broad SMARTS) is 1. The predicted molar refractivity (Wildman–Crippen MR) is 93.0 cm³/mol. The third-order valence-corrected chi connectivity index (χ3v) is 5.33. The van der Waals surface area contributed by atoms with Crippen molar-refractivity contribution in [1.82, 2.24) is 5.32 Å². The van der Waals surface area contributed by atoms with Crippen molar-refractivity contribution >= 4 is 23.5 Å². The van der Waals surface area contributed by atoms with E-state index in [1.54, 1.807) is 0 Å². The Balaban J connectivity index is 1.59. The highest BCUT2D eigenvalue weighted by atomic mass is 16.4. The highest BCUT2D eigenvalue weighted by molar-refractivity contribution is 5.93. The molecule has 2 aliphatic rings. The summed E-state index contributed by atoms with van der Waals surface area (Å²) < 4.78 is 0. The monoisotopic (exact) mass is 344 g/mol. The molecular weight excluding hydrogens is 320 g/mol. The van der Waals surface area contributed by atoms with Crippen molar-refractivity contribution in [3.05, 3.63) is 29.3 Å². The lowest BCUT2D eigenvalue weighted by molar-refractivity contribution is -0.144. The molecule has 3 rings (SSSR count). The van der Waals surface area contributed by atoms with Gasteiger partial charge in [0.2, 0.25) is 11.8 Å². The summed E-state index contributed by atoms with van der Waals surface area (Å²) in [5.74, 6) is -1.12. The van der Waals surface area contributed by atoms with Crippen molar-refractivity contribution in [2.45, 2.75) is 51.5 Å². The predicted octanol–water partition coefficient (Wildman–Crippen LogP) is 2.64. The second-order valence-corrected chi connectivity index (χ2v) is 7.08. The standard InChI is InChI=1S/C19H24N2O4/c1-11(14-6-8-16-15(10-14)7-9-17(22)21-16)20-18(23)12-2-4-13(5-3-12)19(24)25/h6,8,10-13H,2-5,7,9H2,1H3,(H,20,23)(H,21,22)(H,24,25). The number of nitrogens with one attached hydrogen (secondary N) is 2. The van der Waals surface area contributed by atoms with E-state index in [2.05, 4.69) is 10.6 Å². The first-order valence-corrected chi connectivity index (χ1v) is 8.90. The highest BCUT2D eigenvalue weighted by Gasteiger charge is 2.30. The summed E-state index contributed by atoms with van der Waals surface area (Å²) in [4.78, 5) is 34.9. The van der Waals surface area contributed by atoms with Gasteiger partial charge in [-0.05, 0) is 56.2 Å². The number of amides is 2. The molecule has 0 saturated heterocycles. The molecule has 1 unspecified atom stereocenters. The van der Waals surface area contributed by atoms with Crippen LogP contribution < -0.4 is 10.6 Å². The Morgan fingerprint density at radius 1 is 1.16 bits per heavy atom. The van der Waals surface area contributed by atoms with Crippen LogP contribution in [0.15, 0.2) is 18.2 Å². The van der Waals surface area contributed by atoms with Gasteiger partial charge in [-0.25, -0.2) is 0 Å². The third kappa shape index (κ3) is 4.00. The van der Waals surface area contributed by atoms with Gasteiger partial charge in [0.15, 0.2) is 0 Å². The van der Waals surface area contributed by atoms with E-state index in [4.69, 9.17) is 5.11 Å². The van der Waals surface area contributed by atoms with Crippen LogP contribution in [0.4, 0.5) is 5.69 Å². The number of carboxylic acids is 1. The van der Waals surface area contributed by atoms with Gasteiger partial charge in [-0.15, -0.1) is 0 Å². The van der Waals surface area contributed by atoms with Crippen molar-refractivity contribution in [3.63, 3.8) is 0 Å². The minimum atomic E-state index is -0.756. The molecule has 6 nitrogen and oxygen atoms in total. The second-order valence-electron chi connectivity index (χ2n) is 7.08. The fraction of sp³-hybridized carbons (Fsp3) is 0.526. The van der Waals surface area contributed by atoms with Crippen molar-refractivity contribution in [2.75, 3.05) is 5.32 Å². The molecule has 0 aromatic heterocycles. The average molecular weight is 344 g/mol. The molecule has 1 heterocycles. The molecule has 2 amide bonds. The van der Waals surface area contributed by atoms with Gasteiger partial charge in [-0.1, -0.05) is 12.1 Å². The zero-order valence-corrected chi connectivity index (χ0v) is 14.4. The van der Waals surface area contributed by atoms with Crippen LogP contribution >= 0.6 is 0 Å². The van der Waals surface area contributed by atoms with Gasteiger partial charge < -0.3 is 15.7 Å². The number of hydrogen-bond donors (Lipinski definition) is 3. The molecule has 25 heavy (non-hydrogen) atoms. The Labute approximate surface area is 147 Å². The summed E-state index contributed by atoms with van der Waals surface area (Å²) in [7, 11) is 0. The number of aliphatic carboxylic acids is 1. The Bertz CT molecular complexity index is 693. The van der Waals surface area contributed by atoms with Crippen molar-refractivity contribution in [3.8, 4) is 0 Å². The number of hydrogen-bond acceptors (Lipinski definition) is 3. The van der Waals surface area contributed by atoms with Gasteiger partial charge in [0, 0.05) is 18.0 Å². The van der Waals surface area contributed by atoms with Crippen LogP contribution in [0, 0.1) is 11.8 Å². The lowest BCUT2D eigenvalue weighted by atomic mass is 9.81. The van der Waals surface area contributed by atoms with Gasteiger partial charge in [-0.2, -0.15) is 0 Å². The molecule has 0 bridgehead atoms. The van der Waals surface area contributed by atoms with E-state index in [0.717, 1.165) is 23.2 Å². The van der Waals surface area contributed by atoms with E-state index in [-0.39, 0.29) is 29.7 Å². The van der Waals surface area contributed by atoms with Crippen LogP contribution in [-0.4, -0.2) is 22.9 Å². The van der Waals surface area contributed by atoms with E-state index in [0.29, 0.717) is 32.1 Å². The highest BCUT2D eigenvalue weighted by Crippen LogP contribution is 2.30. The van der Waals surface area contributed by atoms with Gasteiger partial charge in [0.05, 0.1) is 12.0 Å². The summed E-state index contributed by atoms with van der Waals surface area (Å²) in [5, 5.41) is 15.0. The number of fused-ring (bicyclic) bond motifs is 1. The molecule has 0 radical (unpaired) electrons. The summed E-state index contributed by atoms with van der Waals surface area (Å²) in [5.41, 5.74) is 2.97. The Kier molecular flexibility index (Phi) is 5.06. The lowest BCUT2D eigenvalue weighted by Crippen LogP contribution is -2.35. The zero-order chi connectivity index (χ0) is 18.0. The molecule has 1 saturated carbocycles. The Morgan fingerprint density at radius 3 is 2.52 bits per heavy atom. The van der Waals surface area contributed by atoms with Crippen LogP contribution in [0.25, 0.3) is 0 Å². The Morgan fingerprint density at radius 2 is 1.84 bits per heavy atom. The van der Waals surface area contributed by atoms with E-state index in [9.17, 15) is 14.4 Å². The first-order valence-electron chi connectivity index (χ1n) is 8.90. The average Bonchev–Trinajstić information content (AvgIpc) is 2.61. The first-order chi connectivity index (χ1) is 11.9. The summed E-state index contributed by atoms with van der Waals surface area (Å²) in [6, 6.07) is 5.74. The van der Waals surface area contributed by atoms with E-state index >= 15 is 0 Å². The number of benzene rings is 1. The number of anilines is 1. The summed E-state index contributed by atoms with van der Waals surface area (Å²) in [6.07, 6.45) is 3.61.